The molecule has 168 valence electrons. The van der Waals surface area contributed by atoms with E-state index in [4.69, 9.17) is 25.8 Å². The Morgan fingerprint density at radius 2 is 1.75 bits per heavy atom. The van der Waals surface area contributed by atoms with Gasteiger partial charge in [-0.15, -0.1) is 0 Å². The third kappa shape index (κ3) is 5.17. The highest BCUT2D eigenvalue weighted by Crippen LogP contribution is 2.23. The minimum Gasteiger partial charge on any atom is -0.478 e. The third-order valence-electron chi connectivity index (χ3n) is 4.52. The number of methoxy groups -OCH3 is 2. The SMILES string of the molecule is COC(=O)Cn1c(=NC(=O)C(C)(C)Oc2ccc(Cl)cc2)sc2cc(C(=O)OC)ccc21. The summed E-state index contributed by atoms with van der Waals surface area (Å²) in [5.41, 5.74) is -0.323. The van der Waals surface area contributed by atoms with Crippen LogP contribution in [0.25, 0.3) is 10.2 Å². The molecule has 0 aliphatic carbocycles. The van der Waals surface area contributed by atoms with Gasteiger partial charge in [0.1, 0.15) is 12.3 Å². The molecule has 3 rings (SSSR count). The van der Waals surface area contributed by atoms with Crippen LogP contribution in [-0.2, 0) is 25.6 Å². The van der Waals surface area contributed by atoms with Crippen LogP contribution >= 0.6 is 22.9 Å². The van der Waals surface area contributed by atoms with E-state index in [0.717, 1.165) is 11.3 Å². The first-order valence-corrected chi connectivity index (χ1v) is 10.7. The Morgan fingerprint density at radius 1 is 1.06 bits per heavy atom. The van der Waals surface area contributed by atoms with Gasteiger partial charge in [-0.2, -0.15) is 4.99 Å². The Labute approximate surface area is 193 Å². The Bertz CT molecular complexity index is 1240. The number of benzene rings is 2. The van der Waals surface area contributed by atoms with Gasteiger partial charge in [-0.3, -0.25) is 9.59 Å². The number of nitrogens with zero attached hydrogens (tertiary/aromatic N) is 2. The molecule has 0 unspecified atom stereocenters. The first-order chi connectivity index (χ1) is 15.1. The Morgan fingerprint density at radius 3 is 2.38 bits per heavy atom. The molecule has 1 heterocycles. The summed E-state index contributed by atoms with van der Waals surface area (Å²) < 4.78 is 17.6. The fourth-order valence-electron chi connectivity index (χ4n) is 2.81. The van der Waals surface area contributed by atoms with Gasteiger partial charge in [0.05, 0.1) is 30.0 Å². The smallest absolute Gasteiger partial charge is 0.337 e. The van der Waals surface area contributed by atoms with Crippen molar-refractivity contribution in [2.24, 2.45) is 4.99 Å². The third-order valence-corrected chi connectivity index (χ3v) is 5.81. The second-order valence-corrected chi connectivity index (χ2v) is 8.65. The molecule has 10 heteroatoms. The van der Waals surface area contributed by atoms with Crippen LogP contribution in [0.3, 0.4) is 0 Å². The molecule has 0 radical (unpaired) electrons. The molecule has 0 N–H and O–H groups in total. The molecular weight excluding hydrogens is 456 g/mol. The van der Waals surface area contributed by atoms with Gasteiger partial charge < -0.3 is 18.8 Å². The van der Waals surface area contributed by atoms with Crippen LogP contribution in [-0.4, -0.2) is 42.2 Å². The van der Waals surface area contributed by atoms with E-state index in [1.165, 1.54) is 14.2 Å². The number of aromatic nitrogens is 1. The van der Waals surface area contributed by atoms with E-state index in [2.05, 4.69) is 4.99 Å². The zero-order valence-corrected chi connectivity index (χ0v) is 19.5. The van der Waals surface area contributed by atoms with E-state index in [1.54, 1.807) is 60.9 Å². The molecule has 0 fully saturated rings. The zero-order chi connectivity index (χ0) is 23.5. The Kier molecular flexibility index (Phi) is 7.00. The van der Waals surface area contributed by atoms with Crippen LogP contribution in [0.2, 0.25) is 5.02 Å². The summed E-state index contributed by atoms with van der Waals surface area (Å²) in [5, 5.41) is 0.548. The van der Waals surface area contributed by atoms with Crippen molar-refractivity contribution in [3.63, 3.8) is 0 Å². The number of carbonyl (C=O) groups is 3. The van der Waals surface area contributed by atoms with E-state index >= 15 is 0 Å². The Balaban J connectivity index is 2.04. The molecule has 2 aromatic carbocycles. The fourth-order valence-corrected chi connectivity index (χ4v) is 4.01. The number of carbonyl (C=O) groups excluding carboxylic acids is 3. The van der Waals surface area contributed by atoms with Crippen molar-refractivity contribution in [3.8, 4) is 5.75 Å². The van der Waals surface area contributed by atoms with Gasteiger partial charge >= 0.3 is 11.9 Å². The number of hydrogen-bond donors (Lipinski definition) is 0. The van der Waals surface area contributed by atoms with Crippen LogP contribution in [0.5, 0.6) is 5.75 Å². The molecule has 8 nitrogen and oxygen atoms in total. The van der Waals surface area contributed by atoms with Crippen molar-refractivity contribution in [1.82, 2.24) is 4.57 Å². The number of halogens is 1. The first kappa shape index (κ1) is 23.5. The molecule has 0 atom stereocenters. The normalized spacial score (nSPS) is 12.0. The number of ether oxygens (including phenoxy) is 3. The van der Waals surface area contributed by atoms with Gasteiger partial charge in [-0.1, -0.05) is 22.9 Å². The van der Waals surface area contributed by atoms with Gasteiger partial charge in [0.15, 0.2) is 10.4 Å². The van der Waals surface area contributed by atoms with Crippen LogP contribution in [0, 0.1) is 0 Å². The average Bonchev–Trinajstić information content (AvgIpc) is 3.10. The maximum Gasteiger partial charge on any atom is 0.337 e. The summed E-state index contributed by atoms with van der Waals surface area (Å²) in [6, 6.07) is 11.5. The standard InChI is InChI=1S/C22H21ClN2O6S/c1-22(2,31-15-8-6-14(23)7-9-15)20(28)24-21-25(12-18(26)29-3)16-10-5-13(19(27)30-4)11-17(16)32-21/h5-11H,12H2,1-4H3. The number of amides is 1. The van der Waals surface area contributed by atoms with Gasteiger partial charge in [-0.05, 0) is 56.3 Å². The number of esters is 2. The van der Waals surface area contributed by atoms with Crippen LogP contribution in [0.4, 0.5) is 0 Å². The van der Waals surface area contributed by atoms with Gasteiger partial charge in [0.25, 0.3) is 5.91 Å². The quantitative estimate of drug-likeness (QED) is 0.504. The van der Waals surface area contributed by atoms with Gasteiger partial charge in [-0.25, -0.2) is 4.79 Å². The molecule has 0 spiro atoms. The van der Waals surface area contributed by atoms with Crippen molar-refractivity contribution in [1.29, 1.82) is 0 Å². The largest absolute Gasteiger partial charge is 0.478 e. The average molecular weight is 477 g/mol. The number of hydrogen-bond acceptors (Lipinski definition) is 7. The summed E-state index contributed by atoms with van der Waals surface area (Å²) in [6.07, 6.45) is 0. The van der Waals surface area contributed by atoms with Crippen molar-refractivity contribution in [3.05, 3.63) is 57.9 Å². The van der Waals surface area contributed by atoms with Crippen molar-refractivity contribution >= 4 is 51.0 Å². The highest BCUT2D eigenvalue weighted by atomic mass is 35.5. The maximum atomic E-state index is 13.0. The first-order valence-electron chi connectivity index (χ1n) is 9.47. The van der Waals surface area contributed by atoms with Crippen LogP contribution in [0.15, 0.2) is 47.5 Å². The van der Waals surface area contributed by atoms with Crippen LogP contribution < -0.4 is 9.54 Å². The summed E-state index contributed by atoms with van der Waals surface area (Å²) in [4.78, 5) is 41.3. The zero-order valence-electron chi connectivity index (χ0n) is 17.9. The number of thiazole rings is 1. The van der Waals surface area contributed by atoms with Gasteiger partial charge in [0, 0.05) is 5.02 Å². The predicted octanol–water partition coefficient (Wildman–Crippen LogP) is 3.60. The van der Waals surface area contributed by atoms with Crippen molar-refractivity contribution in [2.75, 3.05) is 14.2 Å². The fraction of sp³-hybridized carbons (Fsp3) is 0.273. The number of rotatable bonds is 6. The van der Waals surface area contributed by atoms with Crippen molar-refractivity contribution < 1.29 is 28.6 Å². The van der Waals surface area contributed by atoms with E-state index < -0.39 is 23.4 Å². The molecule has 0 bridgehead atoms. The van der Waals surface area contributed by atoms with Gasteiger partial charge in [0.2, 0.25) is 0 Å². The Hall–Kier alpha value is -3.17. The second-order valence-electron chi connectivity index (χ2n) is 7.20. The molecule has 1 aromatic heterocycles. The highest BCUT2D eigenvalue weighted by molar-refractivity contribution is 7.16. The maximum absolute atomic E-state index is 13.0. The minimum atomic E-state index is -1.29. The lowest BCUT2D eigenvalue weighted by Crippen LogP contribution is -2.38. The van der Waals surface area contributed by atoms with E-state index in [9.17, 15) is 14.4 Å². The summed E-state index contributed by atoms with van der Waals surface area (Å²) >= 11 is 7.05. The van der Waals surface area contributed by atoms with E-state index in [1.807, 2.05) is 0 Å². The molecule has 32 heavy (non-hydrogen) atoms. The summed E-state index contributed by atoms with van der Waals surface area (Å²) in [5.74, 6) is -1.09. The van der Waals surface area contributed by atoms with Crippen LogP contribution in [0.1, 0.15) is 24.2 Å². The summed E-state index contributed by atoms with van der Waals surface area (Å²) in [7, 11) is 2.57. The molecule has 0 aliphatic rings. The van der Waals surface area contributed by atoms with E-state index in [0.29, 0.717) is 26.6 Å². The topological polar surface area (TPSA) is 96.2 Å². The lowest BCUT2D eigenvalue weighted by molar-refractivity contribution is -0.141. The molecule has 0 saturated carbocycles. The number of fused-ring (bicyclic) bond motifs is 1. The molecular formula is C22H21ClN2O6S. The van der Waals surface area contributed by atoms with E-state index in [-0.39, 0.29) is 11.3 Å². The minimum absolute atomic E-state index is 0.154. The lowest BCUT2D eigenvalue weighted by atomic mass is 10.1. The lowest BCUT2D eigenvalue weighted by Gasteiger charge is -2.22. The monoisotopic (exact) mass is 476 g/mol. The predicted molar refractivity (Wildman–Crippen MR) is 120 cm³/mol. The molecule has 0 aliphatic heterocycles. The molecule has 0 saturated heterocycles. The van der Waals surface area contributed by atoms with Crippen molar-refractivity contribution in [2.45, 2.75) is 26.0 Å². The second kappa shape index (κ2) is 9.54. The highest BCUT2D eigenvalue weighted by Gasteiger charge is 2.30. The molecule has 3 aromatic rings. The molecule has 1 amide bonds. The summed E-state index contributed by atoms with van der Waals surface area (Å²) in [6.45, 7) is 3.04.